The number of hydrogen-bond donors (Lipinski definition) is 3. The van der Waals surface area contributed by atoms with E-state index in [0.717, 1.165) is 24.0 Å². The maximum atomic E-state index is 9.47. The fraction of sp³-hybridized carbons (Fsp3) is 0.250. The minimum absolute atomic E-state index is 0.0643. The molecule has 2 aromatic carbocycles. The minimum Gasteiger partial charge on any atom is -0.508 e. The van der Waals surface area contributed by atoms with Crippen molar-refractivity contribution in [2.24, 2.45) is 0 Å². The van der Waals surface area contributed by atoms with Crippen molar-refractivity contribution in [3.05, 3.63) is 59.7 Å². The molecule has 100 valence electrons. The van der Waals surface area contributed by atoms with Crippen LogP contribution in [0.3, 0.4) is 0 Å². The van der Waals surface area contributed by atoms with Crippen LogP contribution in [0.25, 0.3) is 0 Å². The molecule has 0 fully saturated rings. The van der Waals surface area contributed by atoms with E-state index >= 15 is 0 Å². The van der Waals surface area contributed by atoms with Crippen molar-refractivity contribution in [2.75, 3.05) is 6.61 Å². The second-order valence-corrected chi connectivity index (χ2v) is 4.68. The van der Waals surface area contributed by atoms with Crippen LogP contribution in [0, 0.1) is 0 Å². The average molecular weight is 258 g/mol. The maximum Gasteiger partial charge on any atom is 0.115 e. The molecular formula is C16H18O3. The van der Waals surface area contributed by atoms with E-state index in [1.165, 1.54) is 0 Å². The van der Waals surface area contributed by atoms with Crippen LogP contribution in [0.4, 0.5) is 0 Å². The summed E-state index contributed by atoms with van der Waals surface area (Å²) >= 11 is 0. The predicted octanol–water partition coefficient (Wildman–Crippen LogP) is 2.81. The summed E-state index contributed by atoms with van der Waals surface area (Å²) in [5.41, 5.74) is 2.16. The first-order chi connectivity index (χ1) is 9.19. The molecule has 0 amide bonds. The smallest absolute Gasteiger partial charge is 0.115 e. The molecule has 2 rings (SSSR count). The van der Waals surface area contributed by atoms with Gasteiger partial charge in [0.15, 0.2) is 0 Å². The van der Waals surface area contributed by atoms with Crippen molar-refractivity contribution in [1.82, 2.24) is 0 Å². The van der Waals surface area contributed by atoms with E-state index in [4.69, 9.17) is 0 Å². The summed E-state index contributed by atoms with van der Waals surface area (Å²) in [5, 5.41) is 27.9. The summed E-state index contributed by atoms with van der Waals surface area (Å²) in [6.45, 7) is 0.0862. The Bertz CT molecular complexity index is 503. The third-order valence-electron chi connectivity index (χ3n) is 3.30. The first-order valence-corrected chi connectivity index (χ1v) is 6.36. The van der Waals surface area contributed by atoms with Crippen molar-refractivity contribution in [3.63, 3.8) is 0 Å². The largest absolute Gasteiger partial charge is 0.508 e. The van der Waals surface area contributed by atoms with Crippen LogP contribution >= 0.6 is 0 Å². The van der Waals surface area contributed by atoms with Gasteiger partial charge in [0.25, 0.3) is 0 Å². The van der Waals surface area contributed by atoms with Gasteiger partial charge < -0.3 is 15.3 Å². The minimum atomic E-state index is 0.0643. The van der Waals surface area contributed by atoms with Crippen LogP contribution in [0.2, 0.25) is 0 Å². The highest BCUT2D eigenvalue weighted by molar-refractivity contribution is 5.29. The number of aryl methyl sites for hydroxylation is 1. The van der Waals surface area contributed by atoms with Gasteiger partial charge in [0.05, 0.1) is 0 Å². The molecular weight excluding hydrogens is 240 g/mol. The van der Waals surface area contributed by atoms with E-state index in [1.54, 1.807) is 24.3 Å². The van der Waals surface area contributed by atoms with Crippen LogP contribution in [0.1, 0.15) is 23.5 Å². The molecule has 0 aliphatic rings. The number of aliphatic hydroxyl groups excluding tert-OH is 1. The molecule has 0 heterocycles. The first-order valence-electron chi connectivity index (χ1n) is 6.36. The molecule has 0 aromatic heterocycles. The standard InChI is InChI=1S/C16H18O3/c17-11-14(13-5-9-16(19)10-6-13)4-1-12-2-7-15(18)8-3-12/h2-3,5-10,14,17-19H,1,4,11H2. The Morgan fingerprint density at radius 3 is 1.84 bits per heavy atom. The number of benzene rings is 2. The van der Waals surface area contributed by atoms with Gasteiger partial charge in [-0.2, -0.15) is 0 Å². The zero-order chi connectivity index (χ0) is 13.7. The van der Waals surface area contributed by atoms with Gasteiger partial charge in [-0.3, -0.25) is 0 Å². The zero-order valence-corrected chi connectivity index (χ0v) is 10.7. The van der Waals surface area contributed by atoms with Crippen LogP contribution in [0.15, 0.2) is 48.5 Å². The van der Waals surface area contributed by atoms with Gasteiger partial charge in [0.2, 0.25) is 0 Å². The van der Waals surface area contributed by atoms with Gasteiger partial charge in [0, 0.05) is 12.5 Å². The number of phenols is 2. The molecule has 2 aromatic rings. The lowest BCUT2D eigenvalue weighted by molar-refractivity contribution is 0.259. The number of rotatable bonds is 5. The summed E-state index contributed by atoms with van der Waals surface area (Å²) < 4.78 is 0. The van der Waals surface area contributed by atoms with Crippen LogP contribution in [-0.4, -0.2) is 21.9 Å². The fourth-order valence-corrected chi connectivity index (χ4v) is 2.11. The van der Waals surface area contributed by atoms with E-state index in [2.05, 4.69) is 0 Å². The van der Waals surface area contributed by atoms with Crippen LogP contribution in [0.5, 0.6) is 11.5 Å². The van der Waals surface area contributed by atoms with Crippen molar-refractivity contribution in [1.29, 1.82) is 0 Å². The Morgan fingerprint density at radius 1 is 0.789 bits per heavy atom. The Balaban J connectivity index is 1.99. The Labute approximate surface area is 112 Å². The second-order valence-electron chi connectivity index (χ2n) is 4.68. The van der Waals surface area contributed by atoms with E-state index in [9.17, 15) is 15.3 Å². The second kappa shape index (κ2) is 6.25. The zero-order valence-electron chi connectivity index (χ0n) is 10.7. The summed E-state index contributed by atoms with van der Waals surface area (Å²) in [4.78, 5) is 0. The summed E-state index contributed by atoms with van der Waals surface area (Å²) in [6.07, 6.45) is 1.67. The Kier molecular flexibility index (Phi) is 4.42. The number of aliphatic hydroxyl groups is 1. The van der Waals surface area contributed by atoms with Gasteiger partial charge in [-0.05, 0) is 48.2 Å². The quantitative estimate of drug-likeness (QED) is 0.773. The molecule has 1 atom stereocenters. The highest BCUT2D eigenvalue weighted by Crippen LogP contribution is 2.23. The lowest BCUT2D eigenvalue weighted by Gasteiger charge is -2.14. The highest BCUT2D eigenvalue weighted by Gasteiger charge is 2.10. The number of aromatic hydroxyl groups is 2. The Morgan fingerprint density at radius 2 is 1.32 bits per heavy atom. The molecule has 0 spiro atoms. The summed E-state index contributed by atoms with van der Waals surface area (Å²) in [5.74, 6) is 0.564. The number of hydrogen-bond acceptors (Lipinski definition) is 3. The summed E-state index contributed by atoms with van der Waals surface area (Å²) in [7, 11) is 0. The number of phenolic OH excluding ortho intramolecular Hbond substituents is 2. The van der Waals surface area contributed by atoms with Gasteiger partial charge in [0.1, 0.15) is 11.5 Å². The van der Waals surface area contributed by atoms with Crippen molar-refractivity contribution in [3.8, 4) is 11.5 Å². The highest BCUT2D eigenvalue weighted by atomic mass is 16.3. The lowest BCUT2D eigenvalue weighted by Crippen LogP contribution is -2.05. The van der Waals surface area contributed by atoms with Gasteiger partial charge in [-0.25, -0.2) is 0 Å². The molecule has 0 bridgehead atoms. The van der Waals surface area contributed by atoms with Gasteiger partial charge >= 0.3 is 0 Å². The molecule has 0 aliphatic carbocycles. The van der Waals surface area contributed by atoms with E-state index < -0.39 is 0 Å². The lowest BCUT2D eigenvalue weighted by atomic mass is 9.93. The van der Waals surface area contributed by atoms with Crippen molar-refractivity contribution >= 4 is 0 Å². The average Bonchev–Trinajstić information content (AvgIpc) is 2.43. The molecule has 0 saturated heterocycles. The molecule has 1 unspecified atom stereocenters. The molecule has 0 radical (unpaired) electrons. The van der Waals surface area contributed by atoms with Crippen molar-refractivity contribution < 1.29 is 15.3 Å². The fourth-order valence-electron chi connectivity index (χ4n) is 2.11. The monoisotopic (exact) mass is 258 g/mol. The van der Waals surface area contributed by atoms with Crippen molar-refractivity contribution in [2.45, 2.75) is 18.8 Å². The molecule has 3 N–H and O–H groups in total. The van der Waals surface area contributed by atoms with E-state index in [-0.39, 0.29) is 24.0 Å². The van der Waals surface area contributed by atoms with Crippen LogP contribution < -0.4 is 0 Å². The van der Waals surface area contributed by atoms with E-state index in [1.807, 2.05) is 24.3 Å². The van der Waals surface area contributed by atoms with Gasteiger partial charge in [-0.1, -0.05) is 24.3 Å². The molecule has 3 nitrogen and oxygen atoms in total. The van der Waals surface area contributed by atoms with Crippen LogP contribution in [-0.2, 0) is 6.42 Å². The molecule has 19 heavy (non-hydrogen) atoms. The predicted molar refractivity (Wildman–Crippen MR) is 74.4 cm³/mol. The summed E-state index contributed by atoms with van der Waals surface area (Å²) in [6, 6.07) is 14.1. The normalized spacial score (nSPS) is 12.3. The third-order valence-corrected chi connectivity index (χ3v) is 3.30. The van der Waals surface area contributed by atoms with Gasteiger partial charge in [-0.15, -0.1) is 0 Å². The molecule has 0 aliphatic heterocycles. The SMILES string of the molecule is OCC(CCc1ccc(O)cc1)c1ccc(O)cc1. The third kappa shape index (κ3) is 3.73. The Hall–Kier alpha value is -2.00. The van der Waals surface area contributed by atoms with E-state index in [0.29, 0.717) is 0 Å². The maximum absolute atomic E-state index is 9.47. The molecule has 0 saturated carbocycles. The molecule has 3 heteroatoms. The topological polar surface area (TPSA) is 60.7 Å². The first kappa shape index (κ1) is 13.4.